The van der Waals surface area contributed by atoms with Crippen molar-refractivity contribution >= 4 is 5.78 Å². The summed E-state index contributed by atoms with van der Waals surface area (Å²) in [6, 6.07) is 1.31. The summed E-state index contributed by atoms with van der Waals surface area (Å²) in [5, 5.41) is 0. The lowest BCUT2D eigenvalue weighted by molar-refractivity contribution is -0.121. The molecule has 0 aromatic carbocycles. The maximum atomic E-state index is 11.3. The van der Waals surface area contributed by atoms with Crippen molar-refractivity contribution < 1.29 is 4.79 Å². The molecule has 0 amide bonds. The molecule has 0 N–H and O–H groups in total. The van der Waals surface area contributed by atoms with Crippen molar-refractivity contribution in [3.8, 4) is 0 Å². The van der Waals surface area contributed by atoms with E-state index in [1.165, 1.54) is 26.1 Å². The van der Waals surface area contributed by atoms with Gasteiger partial charge in [-0.1, -0.05) is 0 Å². The number of ketones is 1. The van der Waals surface area contributed by atoms with Gasteiger partial charge in [-0.15, -0.1) is 0 Å². The van der Waals surface area contributed by atoms with E-state index < -0.39 is 0 Å². The number of nitrogens with zero attached hydrogens (tertiary/aromatic N) is 2. The van der Waals surface area contributed by atoms with Crippen LogP contribution in [0.1, 0.15) is 39.0 Å². The van der Waals surface area contributed by atoms with Crippen molar-refractivity contribution in [3.63, 3.8) is 0 Å². The highest BCUT2D eigenvalue weighted by Crippen LogP contribution is 2.24. The topological polar surface area (TPSA) is 23.6 Å². The van der Waals surface area contributed by atoms with Gasteiger partial charge in [0.2, 0.25) is 0 Å². The van der Waals surface area contributed by atoms with Gasteiger partial charge in [0.25, 0.3) is 0 Å². The van der Waals surface area contributed by atoms with Crippen LogP contribution in [0.2, 0.25) is 0 Å². The van der Waals surface area contributed by atoms with Gasteiger partial charge in [-0.05, 0) is 46.3 Å². The zero-order valence-corrected chi connectivity index (χ0v) is 10.6. The van der Waals surface area contributed by atoms with Crippen LogP contribution in [0.15, 0.2) is 0 Å². The van der Waals surface area contributed by atoms with Gasteiger partial charge in [0.1, 0.15) is 5.78 Å². The molecule has 16 heavy (non-hydrogen) atoms. The summed E-state index contributed by atoms with van der Waals surface area (Å²) < 4.78 is 0. The minimum absolute atomic E-state index is 0.468. The van der Waals surface area contributed by atoms with Crippen LogP contribution in [-0.2, 0) is 4.79 Å². The molecule has 1 aliphatic heterocycles. The van der Waals surface area contributed by atoms with Crippen LogP contribution in [0, 0.1) is 0 Å². The molecule has 0 aromatic rings. The number of carbonyl (C=O) groups is 1. The highest BCUT2D eigenvalue weighted by molar-refractivity contribution is 5.79. The molecule has 1 saturated carbocycles. The lowest BCUT2D eigenvalue weighted by atomic mass is 9.92. The smallest absolute Gasteiger partial charge is 0.133 e. The third kappa shape index (κ3) is 2.83. The van der Waals surface area contributed by atoms with E-state index in [4.69, 9.17) is 0 Å². The Hall–Kier alpha value is -0.410. The van der Waals surface area contributed by atoms with Crippen molar-refractivity contribution in [1.29, 1.82) is 0 Å². The Bertz CT molecular complexity index is 244. The summed E-state index contributed by atoms with van der Waals surface area (Å²) in [6.07, 6.45) is 5.07. The average Bonchev–Trinajstić information content (AvgIpc) is 2.41. The minimum Gasteiger partial charge on any atom is -0.305 e. The Morgan fingerprint density at radius 1 is 1.19 bits per heavy atom. The van der Waals surface area contributed by atoms with Gasteiger partial charge in [-0.2, -0.15) is 0 Å². The summed E-state index contributed by atoms with van der Waals surface area (Å²) in [6.45, 7) is 5.93. The van der Waals surface area contributed by atoms with Crippen molar-refractivity contribution in [2.24, 2.45) is 0 Å². The maximum Gasteiger partial charge on any atom is 0.133 e. The fourth-order valence-electron chi connectivity index (χ4n) is 3.19. The van der Waals surface area contributed by atoms with E-state index in [2.05, 4.69) is 23.8 Å². The van der Waals surface area contributed by atoms with Gasteiger partial charge in [0.05, 0.1) is 0 Å². The second kappa shape index (κ2) is 5.28. The van der Waals surface area contributed by atoms with Crippen molar-refractivity contribution in [3.05, 3.63) is 0 Å². The van der Waals surface area contributed by atoms with Crippen molar-refractivity contribution in [2.45, 2.75) is 51.1 Å². The number of hydrogen-bond donors (Lipinski definition) is 0. The van der Waals surface area contributed by atoms with Gasteiger partial charge in [-0.3, -0.25) is 9.69 Å². The van der Waals surface area contributed by atoms with Gasteiger partial charge in [0.15, 0.2) is 0 Å². The molecule has 2 fully saturated rings. The number of likely N-dealkylation sites (N-methyl/N-ethyl adjacent to an activating group) is 1. The molecule has 1 heterocycles. The second-order valence-electron chi connectivity index (χ2n) is 5.47. The van der Waals surface area contributed by atoms with E-state index in [0.717, 1.165) is 25.7 Å². The molecule has 1 atom stereocenters. The van der Waals surface area contributed by atoms with Crippen LogP contribution in [0.4, 0.5) is 0 Å². The largest absolute Gasteiger partial charge is 0.305 e. The quantitative estimate of drug-likeness (QED) is 0.675. The first kappa shape index (κ1) is 12.1. The summed E-state index contributed by atoms with van der Waals surface area (Å²) in [4.78, 5) is 16.3. The van der Waals surface area contributed by atoms with Gasteiger partial charge >= 0.3 is 0 Å². The van der Waals surface area contributed by atoms with Gasteiger partial charge < -0.3 is 4.90 Å². The number of hydrogen-bond acceptors (Lipinski definition) is 3. The predicted octanol–water partition coefficient (Wildman–Crippen LogP) is 1.52. The Kier molecular flexibility index (Phi) is 3.98. The number of carbonyl (C=O) groups excluding carboxylic acids is 1. The SMILES string of the molecule is CC1CN(C)CCCN1C1CCC(=O)CC1. The molecular formula is C13H24N2O. The lowest BCUT2D eigenvalue weighted by Crippen LogP contribution is -2.46. The zero-order valence-electron chi connectivity index (χ0n) is 10.6. The van der Waals surface area contributed by atoms with Crippen LogP contribution in [0.25, 0.3) is 0 Å². The Labute approximate surface area is 98.8 Å². The Morgan fingerprint density at radius 3 is 2.56 bits per heavy atom. The molecule has 92 valence electrons. The van der Waals surface area contributed by atoms with Gasteiger partial charge in [0, 0.05) is 31.5 Å². The monoisotopic (exact) mass is 224 g/mol. The van der Waals surface area contributed by atoms with E-state index in [-0.39, 0.29) is 0 Å². The molecule has 3 nitrogen and oxygen atoms in total. The second-order valence-corrected chi connectivity index (χ2v) is 5.47. The first-order chi connectivity index (χ1) is 7.66. The lowest BCUT2D eigenvalue weighted by Gasteiger charge is -2.37. The molecule has 2 aliphatic rings. The Balaban J connectivity index is 1.94. The van der Waals surface area contributed by atoms with E-state index in [9.17, 15) is 4.79 Å². The molecule has 1 saturated heterocycles. The van der Waals surface area contributed by atoms with Crippen LogP contribution >= 0.6 is 0 Å². The summed E-state index contributed by atoms with van der Waals surface area (Å²) >= 11 is 0. The normalized spacial score (nSPS) is 31.6. The molecule has 0 bridgehead atoms. The van der Waals surface area contributed by atoms with Crippen LogP contribution in [0.5, 0.6) is 0 Å². The fraction of sp³-hybridized carbons (Fsp3) is 0.923. The van der Waals surface area contributed by atoms with Crippen LogP contribution < -0.4 is 0 Å². The van der Waals surface area contributed by atoms with Crippen molar-refractivity contribution in [2.75, 3.05) is 26.7 Å². The molecule has 3 heteroatoms. The average molecular weight is 224 g/mol. The van der Waals surface area contributed by atoms with Crippen LogP contribution in [0.3, 0.4) is 0 Å². The maximum absolute atomic E-state index is 11.3. The third-order valence-electron chi connectivity index (χ3n) is 4.08. The number of rotatable bonds is 1. The first-order valence-electron chi connectivity index (χ1n) is 6.63. The molecule has 0 radical (unpaired) electrons. The molecule has 1 aliphatic carbocycles. The zero-order chi connectivity index (χ0) is 11.5. The van der Waals surface area contributed by atoms with Gasteiger partial charge in [-0.25, -0.2) is 0 Å². The van der Waals surface area contributed by atoms with Crippen LogP contribution in [-0.4, -0.2) is 54.3 Å². The molecule has 0 spiro atoms. The molecular weight excluding hydrogens is 200 g/mol. The highest BCUT2D eigenvalue weighted by atomic mass is 16.1. The van der Waals surface area contributed by atoms with E-state index >= 15 is 0 Å². The number of Topliss-reactive ketones (excluding diaryl/α,β-unsaturated/α-hetero) is 1. The fourth-order valence-corrected chi connectivity index (χ4v) is 3.19. The minimum atomic E-state index is 0.468. The highest BCUT2D eigenvalue weighted by Gasteiger charge is 2.29. The summed E-state index contributed by atoms with van der Waals surface area (Å²) in [5.74, 6) is 0.468. The van der Waals surface area contributed by atoms with E-state index in [0.29, 0.717) is 17.9 Å². The van der Waals surface area contributed by atoms with Crippen molar-refractivity contribution in [1.82, 2.24) is 9.80 Å². The molecule has 2 rings (SSSR count). The summed E-state index contributed by atoms with van der Waals surface area (Å²) in [5.41, 5.74) is 0. The summed E-state index contributed by atoms with van der Waals surface area (Å²) in [7, 11) is 2.21. The van der Waals surface area contributed by atoms with E-state index in [1.54, 1.807) is 0 Å². The predicted molar refractivity (Wildman–Crippen MR) is 65.5 cm³/mol. The Morgan fingerprint density at radius 2 is 1.88 bits per heavy atom. The first-order valence-corrected chi connectivity index (χ1v) is 6.63. The van der Waals surface area contributed by atoms with E-state index in [1.807, 2.05) is 0 Å². The third-order valence-corrected chi connectivity index (χ3v) is 4.08. The standard InChI is InChI=1S/C13H24N2O/c1-11-10-14(2)8-3-9-15(11)12-4-6-13(16)7-5-12/h11-12H,3-10H2,1-2H3. The molecule has 1 unspecified atom stereocenters. The molecule has 0 aromatic heterocycles.